The Morgan fingerprint density at radius 3 is 2.57 bits per heavy atom. The second-order valence-corrected chi connectivity index (χ2v) is 10.6. The van der Waals surface area contributed by atoms with Crippen molar-refractivity contribution in [1.82, 2.24) is 4.90 Å². The summed E-state index contributed by atoms with van der Waals surface area (Å²) in [6, 6.07) is 0. The number of ether oxygens (including phenoxy) is 1. The number of carbonyl (C=O) groups excluding carboxylic acids is 1. The SMILES string of the molecule is C[C@H](OCN1CCCC1=O)[Si](C)(C)C. The van der Waals surface area contributed by atoms with Crippen LogP contribution in [0.5, 0.6) is 0 Å². The Balaban J connectivity index is 2.30. The monoisotopic (exact) mass is 215 g/mol. The van der Waals surface area contributed by atoms with Crippen LogP contribution in [0.2, 0.25) is 19.6 Å². The first-order valence-corrected chi connectivity index (χ1v) is 8.88. The summed E-state index contributed by atoms with van der Waals surface area (Å²) >= 11 is 0. The van der Waals surface area contributed by atoms with Gasteiger partial charge in [-0.25, -0.2) is 0 Å². The van der Waals surface area contributed by atoms with Crippen LogP contribution < -0.4 is 0 Å². The standard InChI is InChI=1S/C10H21NO2Si/c1-9(14(2,3)4)13-8-11-7-5-6-10(11)12/h9H,5-8H2,1-4H3/t9-/m1/s1. The Morgan fingerprint density at radius 2 is 2.14 bits per heavy atom. The molecule has 0 radical (unpaired) electrons. The van der Waals surface area contributed by atoms with E-state index in [-0.39, 0.29) is 5.91 Å². The van der Waals surface area contributed by atoms with Crippen LogP contribution in [0.15, 0.2) is 0 Å². The van der Waals surface area contributed by atoms with Gasteiger partial charge in [0.05, 0.1) is 8.07 Å². The van der Waals surface area contributed by atoms with Gasteiger partial charge in [0.1, 0.15) is 6.73 Å². The molecule has 1 aliphatic heterocycles. The zero-order valence-corrected chi connectivity index (χ0v) is 10.7. The molecular weight excluding hydrogens is 194 g/mol. The molecule has 0 aromatic carbocycles. The number of likely N-dealkylation sites (tertiary alicyclic amines) is 1. The van der Waals surface area contributed by atoms with Gasteiger partial charge in [-0.15, -0.1) is 0 Å². The molecule has 0 aromatic rings. The number of hydrogen-bond acceptors (Lipinski definition) is 2. The van der Waals surface area contributed by atoms with Crippen LogP contribution in [0.1, 0.15) is 19.8 Å². The first kappa shape index (κ1) is 11.7. The minimum absolute atomic E-state index is 0.243. The predicted octanol–water partition coefficient (Wildman–Crippen LogP) is 1.85. The second kappa shape index (κ2) is 4.44. The van der Waals surface area contributed by atoms with E-state index in [2.05, 4.69) is 26.6 Å². The van der Waals surface area contributed by atoms with E-state index in [1.807, 2.05) is 4.90 Å². The summed E-state index contributed by atoms with van der Waals surface area (Å²) in [6.07, 6.45) is 1.69. The van der Waals surface area contributed by atoms with Crippen LogP contribution in [-0.2, 0) is 9.53 Å². The molecule has 1 aliphatic rings. The second-order valence-electron chi connectivity index (χ2n) is 5.06. The topological polar surface area (TPSA) is 29.5 Å². The van der Waals surface area contributed by atoms with Crippen LogP contribution in [-0.4, -0.2) is 37.9 Å². The normalized spacial score (nSPS) is 20.3. The third-order valence-electron chi connectivity index (χ3n) is 2.87. The minimum Gasteiger partial charge on any atom is -0.362 e. The molecule has 3 nitrogen and oxygen atoms in total. The number of hydrogen-bond donors (Lipinski definition) is 0. The van der Waals surface area contributed by atoms with Crippen molar-refractivity contribution in [3.8, 4) is 0 Å². The molecule has 1 fully saturated rings. The summed E-state index contributed by atoms with van der Waals surface area (Å²) in [5.74, 6) is 0.243. The molecule has 1 amide bonds. The minimum atomic E-state index is -1.21. The molecule has 0 aromatic heterocycles. The van der Waals surface area contributed by atoms with Gasteiger partial charge in [-0.1, -0.05) is 19.6 Å². The average molecular weight is 215 g/mol. The summed E-state index contributed by atoms with van der Waals surface area (Å²) in [6.45, 7) is 10.3. The van der Waals surface area contributed by atoms with Gasteiger partial charge in [-0.05, 0) is 13.3 Å². The van der Waals surface area contributed by atoms with Gasteiger partial charge in [0.15, 0.2) is 0 Å². The van der Waals surface area contributed by atoms with Crippen molar-refractivity contribution in [2.75, 3.05) is 13.3 Å². The highest BCUT2D eigenvalue weighted by Crippen LogP contribution is 2.14. The van der Waals surface area contributed by atoms with Crippen molar-refractivity contribution in [3.05, 3.63) is 0 Å². The molecule has 0 aliphatic carbocycles. The lowest BCUT2D eigenvalue weighted by molar-refractivity contribution is -0.133. The first-order chi connectivity index (χ1) is 6.41. The molecule has 82 valence electrons. The molecule has 0 bridgehead atoms. The van der Waals surface area contributed by atoms with Crippen molar-refractivity contribution in [1.29, 1.82) is 0 Å². The summed E-state index contributed by atoms with van der Waals surface area (Å²) in [5.41, 5.74) is 0.316. The Hall–Kier alpha value is -0.353. The summed E-state index contributed by atoms with van der Waals surface area (Å²) in [4.78, 5) is 13.1. The van der Waals surface area contributed by atoms with Crippen molar-refractivity contribution in [2.45, 2.75) is 45.1 Å². The van der Waals surface area contributed by atoms with Crippen LogP contribution in [0.3, 0.4) is 0 Å². The fourth-order valence-electron chi connectivity index (χ4n) is 1.29. The van der Waals surface area contributed by atoms with Crippen molar-refractivity contribution < 1.29 is 9.53 Å². The highest BCUT2D eigenvalue weighted by atomic mass is 28.3. The summed E-state index contributed by atoms with van der Waals surface area (Å²) in [5, 5.41) is 0. The van der Waals surface area contributed by atoms with E-state index in [1.165, 1.54) is 0 Å². The zero-order chi connectivity index (χ0) is 10.8. The van der Waals surface area contributed by atoms with Gasteiger partial charge in [0.25, 0.3) is 0 Å². The molecule has 0 N–H and O–H groups in total. The molecule has 1 atom stereocenters. The van der Waals surface area contributed by atoms with Crippen LogP contribution in [0, 0.1) is 0 Å². The molecule has 4 heteroatoms. The quantitative estimate of drug-likeness (QED) is 0.670. The van der Waals surface area contributed by atoms with Gasteiger partial charge in [0.2, 0.25) is 5.91 Å². The number of amides is 1. The van der Waals surface area contributed by atoms with Crippen molar-refractivity contribution >= 4 is 14.0 Å². The van der Waals surface area contributed by atoms with E-state index in [1.54, 1.807) is 0 Å². The first-order valence-electron chi connectivity index (χ1n) is 5.30. The highest BCUT2D eigenvalue weighted by molar-refractivity contribution is 6.77. The van der Waals surface area contributed by atoms with E-state index in [0.29, 0.717) is 18.9 Å². The molecule has 14 heavy (non-hydrogen) atoms. The van der Waals surface area contributed by atoms with Gasteiger partial charge in [0, 0.05) is 18.7 Å². The Kier molecular flexibility index (Phi) is 3.72. The van der Waals surface area contributed by atoms with Gasteiger partial charge in [-0.3, -0.25) is 4.79 Å². The largest absolute Gasteiger partial charge is 0.362 e. The molecular formula is C10H21NO2Si. The van der Waals surface area contributed by atoms with Gasteiger partial charge < -0.3 is 9.64 Å². The molecule has 1 rings (SSSR count). The third-order valence-corrected chi connectivity index (χ3v) is 5.48. The summed E-state index contributed by atoms with van der Waals surface area (Å²) < 4.78 is 5.73. The van der Waals surface area contributed by atoms with Crippen molar-refractivity contribution in [2.24, 2.45) is 0 Å². The number of carbonyl (C=O) groups is 1. The fraction of sp³-hybridized carbons (Fsp3) is 0.900. The molecule has 1 heterocycles. The average Bonchev–Trinajstić information content (AvgIpc) is 2.45. The Labute approximate surface area is 87.4 Å². The summed E-state index contributed by atoms with van der Waals surface area (Å²) in [7, 11) is -1.21. The Bertz CT molecular complexity index is 213. The van der Waals surface area contributed by atoms with Crippen LogP contribution >= 0.6 is 0 Å². The zero-order valence-electron chi connectivity index (χ0n) is 9.67. The van der Waals surface area contributed by atoms with E-state index < -0.39 is 8.07 Å². The molecule has 0 unspecified atom stereocenters. The van der Waals surface area contributed by atoms with E-state index >= 15 is 0 Å². The maximum absolute atomic E-state index is 11.3. The smallest absolute Gasteiger partial charge is 0.224 e. The van der Waals surface area contributed by atoms with Gasteiger partial charge >= 0.3 is 0 Å². The highest BCUT2D eigenvalue weighted by Gasteiger charge is 2.26. The molecule has 0 spiro atoms. The number of rotatable bonds is 4. The molecule has 1 saturated heterocycles. The van der Waals surface area contributed by atoms with Crippen molar-refractivity contribution in [3.63, 3.8) is 0 Å². The molecule has 0 saturated carbocycles. The van der Waals surface area contributed by atoms with E-state index in [9.17, 15) is 4.79 Å². The lowest BCUT2D eigenvalue weighted by Crippen LogP contribution is -2.41. The van der Waals surface area contributed by atoms with Gasteiger partial charge in [-0.2, -0.15) is 0 Å². The van der Waals surface area contributed by atoms with Crippen LogP contribution in [0.4, 0.5) is 0 Å². The lowest BCUT2D eigenvalue weighted by atomic mass is 10.4. The maximum atomic E-state index is 11.3. The fourth-order valence-corrected chi connectivity index (χ4v) is 1.87. The van der Waals surface area contributed by atoms with E-state index in [4.69, 9.17) is 4.74 Å². The van der Waals surface area contributed by atoms with Crippen LogP contribution in [0.25, 0.3) is 0 Å². The third kappa shape index (κ3) is 3.10. The predicted molar refractivity (Wildman–Crippen MR) is 59.7 cm³/mol. The number of nitrogens with zero attached hydrogens (tertiary/aromatic N) is 1. The van der Waals surface area contributed by atoms with E-state index in [0.717, 1.165) is 13.0 Å². The Morgan fingerprint density at radius 1 is 1.50 bits per heavy atom. The lowest BCUT2D eigenvalue weighted by Gasteiger charge is -2.27. The maximum Gasteiger partial charge on any atom is 0.224 e.